The van der Waals surface area contributed by atoms with Crippen molar-refractivity contribution >= 4 is 0 Å². The normalized spacial score (nSPS) is 11.2. The number of ether oxygens (including phenoxy) is 1. The van der Waals surface area contributed by atoms with E-state index in [1.807, 2.05) is 6.92 Å². The molecule has 15 heavy (non-hydrogen) atoms. The van der Waals surface area contributed by atoms with E-state index in [1.54, 1.807) is 6.07 Å². The molecule has 0 unspecified atom stereocenters. The van der Waals surface area contributed by atoms with Gasteiger partial charge in [0.25, 0.3) is 6.43 Å². The first kappa shape index (κ1) is 12.1. The highest BCUT2D eigenvalue weighted by Crippen LogP contribution is 2.05. The van der Waals surface area contributed by atoms with Crippen LogP contribution in [-0.2, 0) is 17.9 Å². The summed E-state index contributed by atoms with van der Waals surface area (Å²) in [5.74, 6) is 0.462. The summed E-state index contributed by atoms with van der Waals surface area (Å²) < 4.78 is 33.0. The minimum Gasteiger partial charge on any atom is -0.367 e. The summed E-state index contributed by atoms with van der Waals surface area (Å²) in [7, 11) is 0. The molecular formula is C9H14F2N2O2. The lowest BCUT2D eigenvalue weighted by atomic mass is 10.3. The highest BCUT2D eigenvalue weighted by Gasteiger charge is 2.06. The van der Waals surface area contributed by atoms with Gasteiger partial charge in [-0.25, -0.2) is 8.78 Å². The van der Waals surface area contributed by atoms with Crippen LogP contribution < -0.4 is 5.32 Å². The van der Waals surface area contributed by atoms with E-state index in [-0.39, 0.29) is 6.61 Å². The van der Waals surface area contributed by atoms with Crippen LogP contribution in [0.2, 0.25) is 0 Å². The van der Waals surface area contributed by atoms with Gasteiger partial charge in [0.1, 0.15) is 13.2 Å². The highest BCUT2D eigenvalue weighted by molar-refractivity contribution is 5.04. The van der Waals surface area contributed by atoms with Crippen molar-refractivity contribution in [2.45, 2.75) is 26.5 Å². The second kappa shape index (κ2) is 6.47. The van der Waals surface area contributed by atoms with Gasteiger partial charge in [-0.1, -0.05) is 12.1 Å². The Balaban J connectivity index is 2.26. The first-order valence-corrected chi connectivity index (χ1v) is 4.73. The summed E-state index contributed by atoms with van der Waals surface area (Å²) in [5.41, 5.74) is 0.743. The molecule has 0 radical (unpaired) electrons. The van der Waals surface area contributed by atoms with Crippen LogP contribution in [0, 0.1) is 0 Å². The van der Waals surface area contributed by atoms with Crippen LogP contribution in [0.4, 0.5) is 8.78 Å². The second-order valence-electron chi connectivity index (χ2n) is 2.97. The molecule has 0 saturated carbocycles. The van der Waals surface area contributed by atoms with Gasteiger partial charge in [0.15, 0.2) is 5.76 Å². The maximum Gasteiger partial charge on any atom is 0.261 e. The Morgan fingerprint density at radius 3 is 3.07 bits per heavy atom. The molecule has 0 amide bonds. The lowest BCUT2D eigenvalue weighted by molar-refractivity contribution is 0.00311. The molecule has 0 atom stereocenters. The molecule has 0 saturated heterocycles. The average Bonchev–Trinajstić information content (AvgIpc) is 2.62. The van der Waals surface area contributed by atoms with Crippen LogP contribution in [0.1, 0.15) is 18.4 Å². The van der Waals surface area contributed by atoms with Crippen LogP contribution in [0.3, 0.4) is 0 Å². The largest absolute Gasteiger partial charge is 0.367 e. The minimum absolute atomic E-state index is 0.0312. The van der Waals surface area contributed by atoms with Crippen LogP contribution in [-0.4, -0.2) is 24.7 Å². The van der Waals surface area contributed by atoms with Crippen molar-refractivity contribution in [1.82, 2.24) is 10.5 Å². The Bertz CT molecular complexity index is 279. The minimum atomic E-state index is -2.45. The number of aromatic nitrogens is 1. The number of halogens is 2. The summed E-state index contributed by atoms with van der Waals surface area (Å²) >= 11 is 0. The van der Waals surface area contributed by atoms with Crippen molar-refractivity contribution < 1.29 is 18.0 Å². The summed E-state index contributed by atoms with van der Waals surface area (Å²) in [6.45, 7) is 2.87. The zero-order valence-corrected chi connectivity index (χ0v) is 8.50. The van der Waals surface area contributed by atoms with E-state index < -0.39 is 13.0 Å². The molecule has 0 fully saturated rings. The van der Waals surface area contributed by atoms with Gasteiger partial charge in [0.2, 0.25) is 0 Å². The van der Waals surface area contributed by atoms with E-state index in [4.69, 9.17) is 9.26 Å². The van der Waals surface area contributed by atoms with Gasteiger partial charge in [0.05, 0.1) is 5.69 Å². The van der Waals surface area contributed by atoms with E-state index in [1.165, 1.54) is 0 Å². The molecule has 4 nitrogen and oxygen atoms in total. The van der Waals surface area contributed by atoms with Crippen LogP contribution in [0.15, 0.2) is 10.6 Å². The van der Waals surface area contributed by atoms with E-state index in [0.29, 0.717) is 12.3 Å². The lowest BCUT2D eigenvalue weighted by Gasteiger charge is -1.98. The highest BCUT2D eigenvalue weighted by atomic mass is 19.3. The van der Waals surface area contributed by atoms with Gasteiger partial charge in [-0.2, -0.15) is 0 Å². The topological polar surface area (TPSA) is 47.3 Å². The van der Waals surface area contributed by atoms with Crippen molar-refractivity contribution in [1.29, 1.82) is 0 Å². The average molecular weight is 220 g/mol. The first-order valence-electron chi connectivity index (χ1n) is 4.73. The van der Waals surface area contributed by atoms with E-state index in [0.717, 1.165) is 12.2 Å². The van der Waals surface area contributed by atoms with E-state index >= 15 is 0 Å². The molecule has 1 N–H and O–H groups in total. The lowest BCUT2D eigenvalue weighted by Crippen LogP contribution is -2.11. The van der Waals surface area contributed by atoms with E-state index in [9.17, 15) is 8.78 Å². The van der Waals surface area contributed by atoms with Gasteiger partial charge in [-0.05, 0) is 6.54 Å². The Hall–Kier alpha value is -1.01. The summed E-state index contributed by atoms with van der Waals surface area (Å²) in [6, 6.07) is 1.69. The summed E-state index contributed by atoms with van der Waals surface area (Å²) in [4.78, 5) is 0. The molecule has 0 bridgehead atoms. The molecular weight excluding hydrogens is 206 g/mol. The first-order chi connectivity index (χ1) is 7.22. The molecule has 1 aromatic heterocycles. The Morgan fingerprint density at radius 1 is 1.60 bits per heavy atom. The fourth-order valence-electron chi connectivity index (χ4n) is 1.01. The Kier molecular flexibility index (Phi) is 5.20. The third kappa shape index (κ3) is 4.85. The molecule has 0 spiro atoms. The quantitative estimate of drug-likeness (QED) is 0.757. The maximum absolute atomic E-state index is 11.7. The Morgan fingerprint density at radius 2 is 2.40 bits per heavy atom. The number of alkyl halides is 2. The number of hydrogen-bond acceptors (Lipinski definition) is 4. The molecule has 6 heteroatoms. The number of hydrogen-bond donors (Lipinski definition) is 1. The van der Waals surface area contributed by atoms with Crippen LogP contribution in [0.5, 0.6) is 0 Å². The number of nitrogens with one attached hydrogen (secondary N) is 1. The predicted molar refractivity (Wildman–Crippen MR) is 49.5 cm³/mol. The summed E-state index contributed by atoms with van der Waals surface area (Å²) in [6.07, 6.45) is -2.45. The molecule has 0 aliphatic rings. The molecule has 1 rings (SSSR count). The van der Waals surface area contributed by atoms with Crippen molar-refractivity contribution in [2.24, 2.45) is 0 Å². The maximum atomic E-state index is 11.7. The van der Waals surface area contributed by atoms with Crippen LogP contribution >= 0.6 is 0 Å². The standard InChI is InChI=1S/C9H14F2N2O2/c1-2-12-4-7-3-8(15-13-7)5-14-6-9(10)11/h3,9,12H,2,4-6H2,1H3. The van der Waals surface area contributed by atoms with Crippen molar-refractivity contribution in [3.63, 3.8) is 0 Å². The third-order valence-electron chi connectivity index (χ3n) is 1.65. The van der Waals surface area contributed by atoms with E-state index in [2.05, 4.69) is 10.5 Å². The zero-order chi connectivity index (χ0) is 11.1. The molecule has 1 heterocycles. The molecule has 0 aliphatic carbocycles. The molecule has 1 aromatic rings. The van der Waals surface area contributed by atoms with Crippen LogP contribution in [0.25, 0.3) is 0 Å². The van der Waals surface area contributed by atoms with Gasteiger partial charge >= 0.3 is 0 Å². The monoisotopic (exact) mass is 220 g/mol. The molecule has 86 valence electrons. The van der Waals surface area contributed by atoms with Crippen molar-refractivity contribution in [3.05, 3.63) is 17.5 Å². The zero-order valence-electron chi connectivity index (χ0n) is 8.50. The molecule has 0 aliphatic heterocycles. The second-order valence-corrected chi connectivity index (χ2v) is 2.97. The summed E-state index contributed by atoms with van der Waals surface area (Å²) in [5, 5.41) is 6.82. The van der Waals surface area contributed by atoms with Gasteiger partial charge in [0, 0.05) is 12.6 Å². The van der Waals surface area contributed by atoms with Crippen molar-refractivity contribution in [3.8, 4) is 0 Å². The smallest absolute Gasteiger partial charge is 0.261 e. The van der Waals surface area contributed by atoms with Gasteiger partial charge in [-0.15, -0.1) is 0 Å². The Labute approximate surface area is 86.6 Å². The molecule has 0 aromatic carbocycles. The number of nitrogens with zero attached hydrogens (tertiary/aromatic N) is 1. The number of rotatable bonds is 7. The van der Waals surface area contributed by atoms with Gasteiger partial charge < -0.3 is 14.6 Å². The van der Waals surface area contributed by atoms with Crippen molar-refractivity contribution in [2.75, 3.05) is 13.2 Å². The fourth-order valence-corrected chi connectivity index (χ4v) is 1.01. The fraction of sp³-hybridized carbons (Fsp3) is 0.667. The van der Waals surface area contributed by atoms with Gasteiger partial charge in [-0.3, -0.25) is 0 Å². The third-order valence-corrected chi connectivity index (χ3v) is 1.65. The predicted octanol–water partition coefficient (Wildman–Crippen LogP) is 1.57. The SMILES string of the molecule is CCNCc1cc(COCC(F)F)on1.